The van der Waals surface area contributed by atoms with Crippen molar-refractivity contribution in [2.45, 2.75) is 11.6 Å². The summed E-state index contributed by atoms with van der Waals surface area (Å²) in [5.74, 6) is 0.472. The van der Waals surface area contributed by atoms with Gasteiger partial charge in [0.15, 0.2) is 10.7 Å². The van der Waals surface area contributed by atoms with E-state index in [1.807, 2.05) is 53.9 Å². The number of oxazole rings is 1. The number of halogens is 1. The highest BCUT2D eigenvalue weighted by atomic mass is 35.5. The Bertz CT molecular complexity index is 1060. The fourth-order valence-electron chi connectivity index (χ4n) is 2.45. The Labute approximate surface area is 168 Å². The molecule has 2 aromatic carbocycles. The third-order valence-corrected chi connectivity index (χ3v) is 5.65. The van der Waals surface area contributed by atoms with Crippen LogP contribution in [0.2, 0.25) is 5.02 Å². The van der Waals surface area contributed by atoms with E-state index < -0.39 is 0 Å². The summed E-state index contributed by atoms with van der Waals surface area (Å²) >= 11 is 8.98. The van der Waals surface area contributed by atoms with Crippen LogP contribution in [-0.2, 0) is 4.79 Å². The SMILES string of the molecule is O=C(CCSc1nc2ccccc2o1)Nc1nc(-c2ccccc2Cl)cs1. The van der Waals surface area contributed by atoms with Crippen molar-refractivity contribution in [3.05, 3.63) is 58.9 Å². The normalized spacial score (nSPS) is 11.0. The van der Waals surface area contributed by atoms with Crippen LogP contribution >= 0.6 is 34.7 Å². The fraction of sp³-hybridized carbons (Fsp3) is 0.105. The summed E-state index contributed by atoms with van der Waals surface area (Å²) in [6.45, 7) is 0. The predicted molar refractivity (Wildman–Crippen MR) is 111 cm³/mol. The molecule has 0 saturated carbocycles. The van der Waals surface area contributed by atoms with Crippen molar-refractivity contribution in [1.29, 1.82) is 0 Å². The summed E-state index contributed by atoms with van der Waals surface area (Å²) in [4.78, 5) is 21.0. The molecule has 2 aromatic heterocycles. The van der Waals surface area contributed by atoms with Gasteiger partial charge in [0.25, 0.3) is 5.22 Å². The highest BCUT2D eigenvalue weighted by molar-refractivity contribution is 7.99. The first-order valence-corrected chi connectivity index (χ1v) is 10.4. The van der Waals surface area contributed by atoms with Crippen LogP contribution in [0.25, 0.3) is 22.4 Å². The van der Waals surface area contributed by atoms with Crippen LogP contribution in [-0.4, -0.2) is 21.6 Å². The van der Waals surface area contributed by atoms with Crippen LogP contribution in [0.4, 0.5) is 5.13 Å². The van der Waals surface area contributed by atoms with Crippen LogP contribution in [0.5, 0.6) is 0 Å². The molecular formula is C19H14ClN3O2S2. The number of nitrogens with one attached hydrogen (secondary N) is 1. The molecule has 8 heteroatoms. The standard InChI is InChI=1S/C19H14ClN3O2S2/c20-13-6-2-1-5-12(13)15-11-27-18(21-15)23-17(24)9-10-26-19-22-14-7-3-4-8-16(14)25-19/h1-8,11H,9-10H2,(H,21,23,24). The lowest BCUT2D eigenvalue weighted by Crippen LogP contribution is -2.11. The Hall–Kier alpha value is -2.35. The smallest absolute Gasteiger partial charge is 0.256 e. The minimum Gasteiger partial charge on any atom is -0.431 e. The van der Waals surface area contributed by atoms with Gasteiger partial charge in [0.05, 0.1) is 5.69 Å². The summed E-state index contributed by atoms with van der Waals surface area (Å²) < 4.78 is 5.63. The monoisotopic (exact) mass is 415 g/mol. The summed E-state index contributed by atoms with van der Waals surface area (Å²) in [5, 5.41) is 6.46. The van der Waals surface area contributed by atoms with E-state index in [-0.39, 0.29) is 5.91 Å². The van der Waals surface area contributed by atoms with Crippen LogP contribution in [0.3, 0.4) is 0 Å². The van der Waals surface area contributed by atoms with Crippen molar-refractivity contribution in [2.24, 2.45) is 0 Å². The van der Waals surface area contributed by atoms with E-state index in [2.05, 4.69) is 15.3 Å². The summed E-state index contributed by atoms with van der Waals surface area (Å²) in [6, 6.07) is 15.1. The molecule has 2 heterocycles. The molecule has 4 aromatic rings. The van der Waals surface area contributed by atoms with Crippen molar-refractivity contribution in [2.75, 3.05) is 11.1 Å². The van der Waals surface area contributed by atoms with Crippen LogP contribution in [0, 0.1) is 0 Å². The lowest BCUT2D eigenvalue weighted by atomic mass is 10.2. The first-order chi connectivity index (χ1) is 13.2. The van der Waals surface area contributed by atoms with Gasteiger partial charge in [-0.2, -0.15) is 0 Å². The molecule has 0 aliphatic heterocycles. The molecule has 27 heavy (non-hydrogen) atoms. The molecule has 0 radical (unpaired) electrons. The van der Waals surface area contributed by atoms with Crippen LogP contribution < -0.4 is 5.32 Å². The Morgan fingerprint density at radius 2 is 1.96 bits per heavy atom. The lowest BCUT2D eigenvalue weighted by Gasteiger charge is -2.01. The molecule has 1 amide bonds. The third-order valence-electron chi connectivity index (χ3n) is 3.73. The number of thiazole rings is 1. The lowest BCUT2D eigenvalue weighted by molar-refractivity contribution is -0.115. The number of benzene rings is 2. The van der Waals surface area contributed by atoms with E-state index in [4.69, 9.17) is 16.0 Å². The van der Waals surface area contributed by atoms with Gasteiger partial charge in [0.1, 0.15) is 5.52 Å². The zero-order valence-corrected chi connectivity index (χ0v) is 16.4. The van der Waals surface area contributed by atoms with Gasteiger partial charge < -0.3 is 9.73 Å². The summed E-state index contributed by atoms with van der Waals surface area (Å²) in [5.41, 5.74) is 3.17. The van der Waals surface area contributed by atoms with E-state index in [1.165, 1.54) is 23.1 Å². The molecular weight excluding hydrogens is 402 g/mol. The maximum absolute atomic E-state index is 12.2. The van der Waals surface area contributed by atoms with Gasteiger partial charge in [-0.1, -0.05) is 53.7 Å². The van der Waals surface area contributed by atoms with Crippen molar-refractivity contribution in [3.63, 3.8) is 0 Å². The Morgan fingerprint density at radius 1 is 1.15 bits per heavy atom. The van der Waals surface area contributed by atoms with Gasteiger partial charge in [-0.15, -0.1) is 11.3 Å². The number of carbonyl (C=O) groups excluding carboxylic acids is 1. The number of hydrogen-bond acceptors (Lipinski definition) is 6. The number of rotatable bonds is 6. The van der Waals surface area contributed by atoms with Gasteiger partial charge in [0, 0.05) is 28.1 Å². The summed E-state index contributed by atoms with van der Waals surface area (Å²) in [7, 11) is 0. The van der Waals surface area contributed by atoms with E-state index in [1.54, 1.807) is 0 Å². The molecule has 5 nitrogen and oxygen atoms in total. The number of hydrogen-bond donors (Lipinski definition) is 1. The van der Waals surface area contributed by atoms with Crippen molar-refractivity contribution >= 4 is 56.8 Å². The first-order valence-electron chi connectivity index (χ1n) is 8.18. The second-order valence-corrected chi connectivity index (χ2v) is 7.92. The van der Waals surface area contributed by atoms with Gasteiger partial charge in [-0.05, 0) is 18.2 Å². The molecule has 0 unspecified atom stereocenters. The summed E-state index contributed by atoms with van der Waals surface area (Å²) in [6.07, 6.45) is 0.338. The molecule has 0 spiro atoms. The van der Waals surface area contributed by atoms with Crippen molar-refractivity contribution in [1.82, 2.24) is 9.97 Å². The van der Waals surface area contributed by atoms with E-state index >= 15 is 0 Å². The molecule has 0 bridgehead atoms. The molecule has 0 saturated heterocycles. The van der Waals surface area contributed by atoms with Gasteiger partial charge in [0.2, 0.25) is 5.91 Å². The zero-order valence-electron chi connectivity index (χ0n) is 14.0. The van der Waals surface area contributed by atoms with Crippen molar-refractivity contribution in [3.8, 4) is 11.3 Å². The average molecular weight is 416 g/mol. The number of nitrogens with zero attached hydrogens (tertiary/aromatic N) is 2. The maximum Gasteiger partial charge on any atom is 0.256 e. The average Bonchev–Trinajstić information content (AvgIpc) is 3.28. The maximum atomic E-state index is 12.2. The predicted octanol–water partition coefficient (Wildman–Crippen LogP) is 5.73. The molecule has 0 atom stereocenters. The second-order valence-electron chi connectivity index (χ2n) is 5.61. The largest absolute Gasteiger partial charge is 0.431 e. The number of aromatic nitrogens is 2. The van der Waals surface area contributed by atoms with E-state index in [0.29, 0.717) is 27.6 Å². The Morgan fingerprint density at radius 3 is 2.81 bits per heavy atom. The van der Waals surface area contributed by atoms with E-state index in [0.717, 1.165) is 22.4 Å². The van der Waals surface area contributed by atoms with Crippen LogP contribution in [0.1, 0.15) is 6.42 Å². The number of carbonyl (C=O) groups is 1. The number of amides is 1. The number of fused-ring (bicyclic) bond motifs is 1. The number of para-hydroxylation sites is 2. The highest BCUT2D eigenvalue weighted by Crippen LogP contribution is 2.30. The zero-order chi connectivity index (χ0) is 18.6. The first kappa shape index (κ1) is 18.0. The molecule has 4 rings (SSSR count). The quantitative estimate of drug-likeness (QED) is 0.407. The van der Waals surface area contributed by atoms with Gasteiger partial charge in [-0.3, -0.25) is 4.79 Å². The van der Waals surface area contributed by atoms with Gasteiger partial charge >= 0.3 is 0 Å². The third kappa shape index (κ3) is 4.32. The molecule has 0 fully saturated rings. The minimum atomic E-state index is -0.0985. The molecule has 0 aliphatic rings. The number of thioether (sulfide) groups is 1. The minimum absolute atomic E-state index is 0.0985. The van der Waals surface area contributed by atoms with Crippen LogP contribution in [0.15, 0.2) is 63.6 Å². The Kier molecular flexibility index (Phi) is 5.42. The van der Waals surface area contributed by atoms with E-state index in [9.17, 15) is 4.79 Å². The molecule has 136 valence electrons. The van der Waals surface area contributed by atoms with Gasteiger partial charge in [-0.25, -0.2) is 9.97 Å². The topological polar surface area (TPSA) is 68.0 Å². The highest BCUT2D eigenvalue weighted by Gasteiger charge is 2.11. The Balaban J connectivity index is 1.31. The molecule has 1 N–H and O–H groups in total. The number of anilines is 1. The fourth-order valence-corrected chi connectivity index (χ4v) is 4.18. The second kappa shape index (κ2) is 8.12. The van der Waals surface area contributed by atoms with Crippen molar-refractivity contribution < 1.29 is 9.21 Å². The molecule has 0 aliphatic carbocycles.